The zero-order chi connectivity index (χ0) is 14.7. The summed E-state index contributed by atoms with van der Waals surface area (Å²) in [5.41, 5.74) is 1.54. The van der Waals surface area contributed by atoms with Crippen LogP contribution in [0.15, 0.2) is 42.7 Å². The van der Waals surface area contributed by atoms with E-state index in [0.717, 1.165) is 5.56 Å². The molecular weight excluding hydrogens is 272 g/mol. The van der Waals surface area contributed by atoms with E-state index in [1.165, 1.54) is 0 Å². The second-order valence-corrected chi connectivity index (χ2v) is 4.63. The molecule has 0 aliphatic carbocycles. The summed E-state index contributed by atoms with van der Waals surface area (Å²) < 4.78 is 10.5. The van der Waals surface area contributed by atoms with Crippen molar-refractivity contribution in [3.05, 3.63) is 53.9 Å². The second-order valence-electron chi connectivity index (χ2n) is 4.63. The Balaban J connectivity index is 1.77. The maximum atomic E-state index is 11.5. The highest BCUT2D eigenvalue weighted by atomic mass is 16.7. The predicted molar refractivity (Wildman–Crippen MR) is 74.0 cm³/mol. The smallest absolute Gasteiger partial charge is 0.325 e. The van der Waals surface area contributed by atoms with E-state index in [1.54, 1.807) is 30.6 Å². The Morgan fingerprint density at radius 1 is 1.33 bits per heavy atom. The highest BCUT2D eigenvalue weighted by Crippen LogP contribution is 2.34. The number of nitrogens with one attached hydrogen (secondary N) is 1. The van der Waals surface area contributed by atoms with Crippen LogP contribution in [0, 0.1) is 0 Å². The Hall–Kier alpha value is -2.60. The molecule has 1 aromatic heterocycles. The average Bonchev–Trinajstić information content (AvgIpc) is 2.96. The first-order valence-corrected chi connectivity index (χ1v) is 6.48. The van der Waals surface area contributed by atoms with Crippen LogP contribution in [0.3, 0.4) is 0 Å². The summed E-state index contributed by atoms with van der Waals surface area (Å²) in [5, 5.41) is 12.4. The largest absolute Gasteiger partial charge is 0.480 e. The third-order valence-corrected chi connectivity index (χ3v) is 3.21. The van der Waals surface area contributed by atoms with Crippen molar-refractivity contribution in [1.29, 1.82) is 0 Å². The van der Waals surface area contributed by atoms with Crippen LogP contribution in [0.5, 0.6) is 11.5 Å². The Labute approximate surface area is 121 Å². The number of aromatic nitrogens is 1. The third kappa shape index (κ3) is 2.95. The van der Waals surface area contributed by atoms with Gasteiger partial charge in [-0.2, -0.15) is 0 Å². The summed E-state index contributed by atoms with van der Waals surface area (Å²) in [5.74, 6) is 0.259. The van der Waals surface area contributed by atoms with E-state index in [-0.39, 0.29) is 6.79 Å². The van der Waals surface area contributed by atoms with Gasteiger partial charge in [0.2, 0.25) is 6.79 Å². The minimum Gasteiger partial charge on any atom is -0.480 e. The average molecular weight is 286 g/mol. The van der Waals surface area contributed by atoms with Crippen LogP contribution in [0.1, 0.15) is 17.2 Å². The molecular formula is C15H14N2O4. The van der Waals surface area contributed by atoms with Crippen LogP contribution in [0.25, 0.3) is 0 Å². The highest BCUT2D eigenvalue weighted by molar-refractivity contribution is 5.76. The molecule has 0 spiro atoms. The van der Waals surface area contributed by atoms with E-state index in [4.69, 9.17) is 9.47 Å². The first kappa shape index (κ1) is 13.4. The van der Waals surface area contributed by atoms with Crippen LogP contribution in [-0.4, -0.2) is 22.9 Å². The Morgan fingerprint density at radius 3 is 2.95 bits per heavy atom. The highest BCUT2D eigenvalue weighted by Gasteiger charge is 2.22. The van der Waals surface area contributed by atoms with Gasteiger partial charge >= 0.3 is 5.97 Å². The summed E-state index contributed by atoms with van der Waals surface area (Å²) in [6.45, 7) is 0.582. The fraction of sp³-hybridized carbons (Fsp3) is 0.200. The molecule has 1 aliphatic rings. The van der Waals surface area contributed by atoms with Gasteiger partial charge in [0.1, 0.15) is 6.04 Å². The molecule has 6 nitrogen and oxygen atoms in total. The van der Waals surface area contributed by atoms with E-state index in [1.807, 2.05) is 12.1 Å². The van der Waals surface area contributed by atoms with Crippen LogP contribution in [0.4, 0.5) is 0 Å². The normalized spacial score (nSPS) is 13.9. The van der Waals surface area contributed by atoms with Crippen molar-refractivity contribution >= 4 is 5.97 Å². The van der Waals surface area contributed by atoms with Crippen molar-refractivity contribution in [2.75, 3.05) is 6.79 Å². The third-order valence-electron chi connectivity index (χ3n) is 3.21. The van der Waals surface area contributed by atoms with E-state index in [2.05, 4.69) is 10.3 Å². The number of fused-ring (bicyclic) bond motifs is 1. The van der Waals surface area contributed by atoms with Gasteiger partial charge in [-0.1, -0.05) is 12.1 Å². The second kappa shape index (κ2) is 5.80. The van der Waals surface area contributed by atoms with Gasteiger partial charge in [0.05, 0.1) is 0 Å². The number of hydrogen-bond donors (Lipinski definition) is 2. The van der Waals surface area contributed by atoms with E-state index >= 15 is 0 Å². The molecule has 0 amide bonds. The summed E-state index contributed by atoms with van der Waals surface area (Å²) in [7, 11) is 0. The van der Waals surface area contributed by atoms with E-state index in [0.29, 0.717) is 23.6 Å². The fourth-order valence-electron chi connectivity index (χ4n) is 2.16. The van der Waals surface area contributed by atoms with Gasteiger partial charge in [-0.3, -0.25) is 15.1 Å². The maximum absolute atomic E-state index is 11.5. The lowest BCUT2D eigenvalue weighted by atomic mass is 10.1. The number of nitrogens with zero attached hydrogens (tertiary/aromatic N) is 1. The van der Waals surface area contributed by atoms with Gasteiger partial charge < -0.3 is 14.6 Å². The number of ether oxygens (including phenoxy) is 2. The number of carbonyl (C=O) groups is 1. The van der Waals surface area contributed by atoms with Crippen molar-refractivity contribution in [2.24, 2.45) is 0 Å². The number of aliphatic carboxylic acids is 1. The SMILES string of the molecule is O=C(O)C(NCc1cccnc1)c1ccc2c(c1)OCO2. The van der Waals surface area contributed by atoms with Gasteiger partial charge in [0.25, 0.3) is 0 Å². The number of carboxylic acids is 1. The Kier molecular flexibility index (Phi) is 3.70. The molecule has 0 fully saturated rings. The molecule has 6 heteroatoms. The molecule has 2 aromatic rings. The molecule has 0 radical (unpaired) electrons. The van der Waals surface area contributed by atoms with Gasteiger partial charge in [0.15, 0.2) is 11.5 Å². The molecule has 21 heavy (non-hydrogen) atoms. The number of carboxylic acid groups (broad SMARTS) is 1. The Morgan fingerprint density at radius 2 is 2.19 bits per heavy atom. The van der Waals surface area contributed by atoms with E-state index in [9.17, 15) is 9.90 Å². The first-order valence-electron chi connectivity index (χ1n) is 6.48. The number of hydrogen-bond acceptors (Lipinski definition) is 5. The lowest BCUT2D eigenvalue weighted by Crippen LogP contribution is -2.28. The zero-order valence-corrected chi connectivity index (χ0v) is 11.2. The van der Waals surface area contributed by atoms with Crippen molar-refractivity contribution in [2.45, 2.75) is 12.6 Å². The zero-order valence-electron chi connectivity index (χ0n) is 11.2. The molecule has 2 N–H and O–H groups in total. The minimum atomic E-state index is -0.947. The molecule has 0 bridgehead atoms. The lowest BCUT2D eigenvalue weighted by molar-refractivity contribution is -0.139. The van der Waals surface area contributed by atoms with Crippen LogP contribution in [-0.2, 0) is 11.3 Å². The fourth-order valence-corrected chi connectivity index (χ4v) is 2.16. The molecule has 1 atom stereocenters. The molecule has 0 saturated heterocycles. The quantitative estimate of drug-likeness (QED) is 0.871. The summed E-state index contributed by atoms with van der Waals surface area (Å²) in [6, 6.07) is 8.02. The molecule has 1 unspecified atom stereocenters. The van der Waals surface area contributed by atoms with Gasteiger partial charge in [0, 0.05) is 18.9 Å². The van der Waals surface area contributed by atoms with Gasteiger partial charge in [-0.05, 0) is 29.3 Å². The summed E-state index contributed by atoms with van der Waals surface area (Å²) in [4.78, 5) is 15.5. The molecule has 1 aliphatic heterocycles. The standard InChI is InChI=1S/C15H14N2O4/c18-15(19)14(17-8-10-2-1-5-16-7-10)11-3-4-12-13(6-11)21-9-20-12/h1-7,14,17H,8-9H2,(H,18,19). The van der Waals surface area contributed by atoms with Crippen molar-refractivity contribution in [1.82, 2.24) is 10.3 Å². The molecule has 3 rings (SSSR count). The van der Waals surface area contributed by atoms with Crippen LogP contribution in [0.2, 0.25) is 0 Å². The molecule has 2 heterocycles. The van der Waals surface area contributed by atoms with Crippen LogP contribution < -0.4 is 14.8 Å². The Bertz CT molecular complexity index is 645. The number of rotatable bonds is 5. The van der Waals surface area contributed by atoms with E-state index < -0.39 is 12.0 Å². The topological polar surface area (TPSA) is 80.7 Å². The molecule has 0 saturated carbocycles. The summed E-state index contributed by atoms with van der Waals surface area (Å²) >= 11 is 0. The monoisotopic (exact) mass is 286 g/mol. The minimum absolute atomic E-state index is 0.166. The molecule has 108 valence electrons. The number of pyridine rings is 1. The first-order chi connectivity index (χ1) is 10.2. The molecule has 1 aromatic carbocycles. The van der Waals surface area contributed by atoms with Crippen molar-refractivity contribution in [3.8, 4) is 11.5 Å². The lowest BCUT2D eigenvalue weighted by Gasteiger charge is -2.15. The van der Waals surface area contributed by atoms with Gasteiger partial charge in [-0.25, -0.2) is 0 Å². The number of benzene rings is 1. The van der Waals surface area contributed by atoms with Crippen molar-refractivity contribution < 1.29 is 19.4 Å². The van der Waals surface area contributed by atoms with Crippen LogP contribution >= 0.6 is 0 Å². The van der Waals surface area contributed by atoms with Crippen molar-refractivity contribution in [3.63, 3.8) is 0 Å². The summed E-state index contributed by atoms with van der Waals surface area (Å²) in [6.07, 6.45) is 3.38. The maximum Gasteiger partial charge on any atom is 0.325 e. The van der Waals surface area contributed by atoms with Gasteiger partial charge in [-0.15, -0.1) is 0 Å². The predicted octanol–water partition coefficient (Wildman–Crippen LogP) is 1.73.